The third kappa shape index (κ3) is 5.22. The van der Waals surface area contributed by atoms with Gasteiger partial charge in [0.2, 0.25) is 0 Å². The average molecular weight is 801 g/mol. The summed E-state index contributed by atoms with van der Waals surface area (Å²) in [5, 5.41) is 5.04. The summed E-state index contributed by atoms with van der Waals surface area (Å²) in [4.78, 5) is 20.1. The van der Waals surface area contributed by atoms with Gasteiger partial charge in [0.1, 0.15) is 0 Å². The van der Waals surface area contributed by atoms with Gasteiger partial charge in [-0.15, -0.1) is 0 Å². The van der Waals surface area contributed by atoms with Gasteiger partial charge in [0, 0.05) is 34.6 Å². The summed E-state index contributed by atoms with van der Waals surface area (Å²) in [6.45, 7) is 0. The summed E-state index contributed by atoms with van der Waals surface area (Å²) in [6.07, 6.45) is 3.75. The van der Waals surface area contributed by atoms with E-state index in [1.165, 1.54) is 77.2 Å². The molecule has 0 saturated heterocycles. The smallest absolute Gasteiger partial charge is 0.160 e. The zero-order valence-corrected chi connectivity index (χ0v) is 34.1. The van der Waals surface area contributed by atoms with Crippen molar-refractivity contribution in [2.75, 3.05) is 0 Å². The second-order valence-electron chi connectivity index (χ2n) is 16.5. The number of fused-ring (bicyclic) bond motifs is 17. The molecule has 2 heterocycles. The highest BCUT2D eigenvalue weighted by atomic mass is 14.9. The fourth-order valence-corrected chi connectivity index (χ4v) is 10.6. The average Bonchev–Trinajstić information content (AvgIpc) is 3.63. The quantitative estimate of drug-likeness (QED) is 0.166. The lowest BCUT2D eigenvalue weighted by Gasteiger charge is -2.36. The molecule has 0 radical (unpaired) electrons. The van der Waals surface area contributed by atoms with Gasteiger partial charge >= 0.3 is 0 Å². The third-order valence-corrected chi connectivity index (χ3v) is 13.2. The van der Waals surface area contributed by atoms with Crippen molar-refractivity contribution in [3.63, 3.8) is 0 Å². The number of benzene rings is 9. The normalized spacial score (nSPS) is 14.4. The van der Waals surface area contributed by atoms with E-state index in [4.69, 9.17) is 19.9 Å². The van der Waals surface area contributed by atoms with Crippen LogP contribution in [-0.2, 0) is 5.41 Å². The molecule has 9 aromatic carbocycles. The van der Waals surface area contributed by atoms with E-state index in [2.05, 4.69) is 158 Å². The maximum absolute atomic E-state index is 5.37. The standard InChI is InChI=1S/C59H36N4/c1-3-17-37(18-4-1)57-60-35-40(36-61-57)54-34-53(62-58(63-54)38-19-5-2-6-20-38)39-31-32-46-42-22-8-7-21-41(42)45-25-13-15-29-50(45)59(52(46)33-39)51-30-16-14-28-49(51)55-47-26-11-9-23-43(47)44-24-10-12-27-48(44)56(55)59/h1-36H. The molecule has 63 heavy (non-hydrogen) atoms. The molecule has 0 bridgehead atoms. The number of nitrogens with zero attached hydrogens (tertiary/aromatic N) is 4. The minimum absolute atomic E-state index is 0.643. The Morgan fingerprint density at radius 1 is 0.302 bits per heavy atom. The van der Waals surface area contributed by atoms with Crippen LogP contribution in [0.4, 0.5) is 0 Å². The van der Waals surface area contributed by atoms with Crippen molar-refractivity contribution < 1.29 is 0 Å². The van der Waals surface area contributed by atoms with Crippen LogP contribution in [0.1, 0.15) is 22.3 Å². The Morgan fingerprint density at radius 3 is 1.44 bits per heavy atom. The Bertz CT molecular complexity index is 3620. The van der Waals surface area contributed by atoms with Crippen molar-refractivity contribution in [1.82, 2.24) is 19.9 Å². The number of hydrogen-bond acceptors (Lipinski definition) is 4. The van der Waals surface area contributed by atoms with Crippen LogP contribution >= 0.6 is 0 Å². The molecular weight excluding hydrogens is 765 g/mol. The van der Waals surface area contributed by atoms with Gasteiger partial charge in [0.15, 0.2) is 11.6 Å². The van der Waals surface area contributed by atoms with Gasteiger partial charge in [-0.2, -0.15) is 0 Å². The molecule has 4 nitrogen and oxygen atoms in total. The molecule has 0 saturated carbocycles. The van der Waals surface area contributed by atoms with E-state index in [9.17, 15) is 0 Å². The predicted octanol–water partition coefficient (Wildman–Crippen LogP) is 14.3. The monoisotopic (exact) mass is 800 g/mol. The number of aromatic nitrogens is 4. The lowest BCUT2D eigenvalue weighted by molar-refractivity contribution is 0.783. The second-order valence-corrected chi connectivity index (χ2v) is 16.5. The SMILES string of the molecule is c1ccc(-c2ncc(-c3cc(-c4ccc5c(c4)C4(c6ccccc6-c6ccccc6-5)c5ccccc5-c5c4c4ccccc4c4ccccc54)nc(-c4ccccc4)n3)cn2)cc1. The third-order valence-electron chi connectivity index (χ3n) is 13.2. The van der Waals surface area contributed by atoms with Crippen molar-refractivity contribution in [1.29, 1.82) is 0 Å². The zero-order valence-electron chi connectivity index (χ0n) is 34.1. The molecule has 1 spiro atoms. The molecule has 4 heteroatoms. The van der Waals surface area contributed by atoms with Crippen molar-refractivity contribution in [2.45, 2.75) is 5.41 Å². The van der Waals surface area contributed by atoms with E-state index >= 15 is 0 Å². The molecule has 2 aliphatic rings. The van der Waals surface area contributed by atoms with Crippen LogP contribution in [0.2, 0.25) is 0 Å². The highest BCUT2D eigenvalue weighted by molar-refractivity contribution is 6.19. The molecule has 1 unspecified atom stereocenters. The van der Waals surface area contributed by atoms with E-state index in [1.54, 1.807) is 0 Å². The number of rotatable bonds is 4. The molecule has 11 aromatic rings. The highest BCUT2D eigenvalue weighted by Gasteiger charge is 2.51. The minimum atomic E-state index is -0.699. The van der Waals surface area contributed by atoms with Crippen LogP contribution in [0.25, 0.3) is 100 Å². The van der Waals surface area contributed by atoms with Crippen molar-refractivity contribution >= 4 is 21.5 Å². The van der Waals surface area contributed by atoms with Crippen LogP contribution in [0, 0.1) is 0 Å². The molecule has 2 aliphatic carbocycles. The fraction of sp³-hybridized carbons (Fsp3) is 0.0169. The molecule has 2 aromatic heterocycles. The Morgan fingerprint density at radius 2 is 0.778 bits per heavy atom. The summed E-state index contributed by atoms with van der Waals surface area (Å²) >= 11 is 0. The lowest BCUT2D eigenvalue weighted by atomic mass is 9.64. The van der Waals surface area contributed by atoms with Crippen molar-refractivity contribution in [2.24, 2.45) is 0 Å². The molecular formula is C59H36N4. The van der Waals surface area contributed by atoms with E-state index in [-0.39, 0.29) is 0 Å². The summed E-state index contributed by atoms with van der Waals surface area (Å²) in [7, 11) is 0. The van der Waals surface area contributed by atoms with E-state index in [1.807, 2.05) is 60.9 Å². The van der Waals surface area contributed by atoms with Gasteiger partial charge in [-0.25, -0.2) is 19.9 Å². The Kier molecular flexibility index (Phi) is 7.79. The first-order chi connectivity index (χ1) is 31.3. The maximum atomic E-state index is 5.37. The van der Waals surface area contributed by atoms with Crippen LogP contribution in [-0.4, -0.2) is 19.9 Å². The molecule has 1 atom stereocenters. The van der Waals surface area contributed by atoms with Crippen LogP contribution < -0.4 is 0 Å². The van der Waals surface area contributed by atoms with Crippen LogP contribution in [0.5, 0.6) is 0 Å². The number of hydrogen-bond donors (Lipinski definition) is 0. The van der Waals surface area contributed by atoms with Crippen molar-refractivity contribution in [3.05, 3.63) is 241 Å². The minimum Gasteiger partial charge on any atom is -0.236 e. The predicted molar refractivity (Wildman–Crippen MR) is 256 cm³/mol. The van der Waals surface area contributed by atoms with Gasteiger partial charge in [-0.05, 0) is 89.3 Å². The van der Waals surface area contributed by atoms with Crippen molar-refractivity contribution in [3.8, 4) is 78.7 Å². The summed E-state index contributed by atoms with van der Waals surface area (Å²) in [6, 6.07) is 74.5. The summed E-state index contributed by atoms with van der Waals surface area (Å²) in [5.41, 5.74) is 17.1. The largest absolute Gasteiger partial charge is 0.236 e. The van der Waals surface area contributed by atoms with Gasteiger partial charge in [-0.1, -0.05) is 194 Å². The summed E-state index contributed by atoms with van der Waals surface area (Å²) in [5.74, 6) is 1.32. The van der Waals surface area contributed by atoms with Crippen LogP contribution in [0.3, 0.4) is 0 Å². The Labute approximate surface area is 364 Å². The molecule has 13 rings (SSSR count). The Balaban J connectivity index is 1.14. The maximum Gasteiger partial charge on any atom is 0.160 e. The molecule has 0 N–H and O–H groups in total. The Hall–Kier alpha value is -8.34. The first kappa shape index (κ1) is 35.4. The topological polar surface area (TPSA) is 51.6 Å². The molecule has 292 valence electrons. The van der Waals surface area contributed by atoms with Gasteiger partial charge in [0.05, 0.1) is 16.8 Å². The lowest BCUT2D eigenvalue weighted by Crippen LogP contribution is -2.29. The molecule has 0 aliphatic heterocycles. The van der Waals surface area contributed by atoms with Gasteiger partial charge in [-0.3, -0.25) is 0 Å². The second kappa shape index (κ2) is 13.8. The molecule has 0 fully saturated rings. The fourth-order valence-electron chi connectivity index (χ4n) is 10.6. The van der Waals surface area contributed by atoms with Gasteiger partial charge < -0.3 is 0 Å². The van der Waals surface area contributed by atoms with E-state index in [0.29, 0.717) is 11.6 Å². The van der Waals surface area contributed by atoms with Crippen LogP contribution in [0.15, 0.2) is 219 Å². The first-order valence-corrected chi connectivity index (χ1v) is 21.5. The zero-order chi connectivity index (χ0) is 41.5. The first-order valence-electron chi connectivity index (χ1n) is 21.5. The summed E-state index contributed by atoms with van der Waals surface area (Å²) < 4.78 is 0. The highest BCUT2D eigenvalue weighted by Crippen LogP contribution is 2.64. The van der Waals surface area contributed by atoms with E-state index in [0.717, 1.165) is 33.6 Å². The van der Waals surface area contributed by atoms with E-state index < -0.39 is 5.41 Å². The molecule has 0 amide bonds. The van der Waals surface area contributed by atoms with Gasteiger partial charge in [0.25, 0.3) is 0 Å².